The SMILES string of the molecule is Cc1ccc(OC(C)CC(C)(N)CO)cc1. The molecule has 0 fully saturated rings. The Labute approximate surface area is 97.2 Å². The molecule has 0 amide bonds. The minimum absolute atomic E-state index is 0.00939. The summed E-state index contributed by atoms with van der Waals surface area (Å²) in [5.74, 6) is 0.840. The van der Waals surface area contributed by atoms with Crippen LogP contribution in [0.15, 0.2) is 24.3 Å². The van der Waals surface area contributed by atoms with Crippen molar-refractivity contribution >= 4 is 0 Å². The fraction of sp³-hybridized carbons (Fsp3) is 0.538. The van der Waals surface area contributed by atoms with Crippen molar-refractivity contribution in [3.63, 3.8) is 0 Å². The molecule has 0 saturated carbocycles. The van der Waals surface area contributed by atoms with Crippen molar-refractivity contribution in [1.29, 1.82) is 0 Å². The van der Waals surface area contributed by atoms with Crippen molar-refractivity contribution in [2.45, 2.75) is 38.8 Å². The van der Waals surface area contributed by atoms with Gasteiger partial charge in [0.25, 0.3) is 0 Å². The zero-order chi connectivity index (χ0) is 12.2. The van der Waals surface area contributed by atoms with Crippen molar-refractivity contribution in [2.24, 2.45) is 5.73 Å². The van der Waals surface area contributed by atoms with Crippen LogP contribution >= 0.6 is 0 Å². The molecule has 0 aliphatic carbocycles. The van der Waals surface area contributed by atoms with Gasteiger partial charge in [0, 0.05) is 12.0 Å². The molecule has 90 valence electrons. The van der Waals surface area contributed by atoms with Crippen LogP contribution in [0.1, 0.15) is 25.8 Å². The molecular formula is C13H21NO2. The van der Waals surface area contributed by atoms with Crippen molar-refractivity contribution < 1.29 is 9.84 Å². The first-order valence-electron chi connectivity index (χ1n) is 5.56. The zero-order valence-corrected chi connectivity index (χ0v) is 10.2. The van der Waals surface area contributed by atoms with Crippen LogP contribution in [0.4, 0.5) is 0 Å². The molecular weight excluding hydrogens is 202 g/mol. The van der Waals surface area contributed by atoms with Crippen LogP contribution in [-0.4, -0.2) is 23.4 Å². The summed E-state index contributed by atoms with van der Waals surface area (Å²) in [7, 11) is 0. The quantitative estimate of drug-likeness (QED) is 0.801. The molecule has 0 radical (unpaired) electrons. The van der Waals surface area contributed by atoms with Crippen molar-refractivity contribution in [2.75, 3.05) is 6.61 Å². The Morgan fingerprint density at radius 1 is 1.38 bits per heavy atom. The summed E-state index contributed by atoms with van der Waals surface area (Å²) < 4.78 is 5.72. The van der Waals surface area contributed by atoms with Gasteiger partial charge in [-0.3, -0.25) is 0 Å². The second kappa shape index (κ2) is 5.32. The van der Waals surface area contributed by atoms with Gasteiger partial charge in [0.1, 0.15) is 5.75 Å². The predicted octanol–water partition coefficient (Wildman–Crippen LogP) is 1.86. The molecule has 0 bridgehead atoms. The topological polar surface area (TPSA) is 55.5 Å². The summed E-state index contributed by atoms with van der Waals surface area (Å²) in [5, 5.41) is 9.06. The maximum absolute atomic E-state index is 9.06. The van der Waals surface area contributed by atoms with Crippen LogP contribution in [-0.2, 0) is 0 Å². The normalized spacial score (nSPS) is 16.6. The molecule has 0 aliphatic heterocycles. The van der Waals surface area contributed by atoms with Crippen LogP contribution in [0, 0.1) is 6.92 Å². The Hall–Kier alpha value is -1.06. The Bertz CT molecular complexity index is 319. The minimum atomic E-state index is -0.579. The first-order chi connectivity index (χ1) is 7.43. The van der Waals surface area contributed by atoms with Gasteiger partial charge in [0.15, 0.2) is 0 Å². The third kappa shape index (κ3) is 4.21. The summed E-state index contributed by atoms with van der Waals surface area (Å²) >= 11 is 0. The zero-order valence-electron chi connectivity index (χ0n) is 10.2. The lowest BCUT2D eigenvalue weighted by Gasteiger charge is -2.26. The van der Waals surface area contributed by atoms with Gasteiger partial charge in [-0.2, -0.15) is 0 Å². The average Bonchev–Trinajstić information content (AvgIpc) is 2.21. The molecule has 3 nitrogen and oxygen atoms in total. The molecule has 1 rings (SSSR count). The van der Waals surface area contributed by atoms with E-state index in [2.05, 4.69) is 0 Å². The molecule has 0 aliphatic rings. The summed E-state index contributed by atoms with van der Waals surface area (Å²) in [6.07, 6.45) is 0.613. The van der Waals surface area contributed by atoms with E-state index < -0.39 is 5.54 Å². The summed E-state index contributed by atoms with van der Waals surface area (Å²) in [4.78, 5) is 0. The fourth-order valence-corrected chi connectivity index (χ4v) is 1.61. The summed E-state index contributed by atoms with van der Waals surface area (Å²) in [6, 6.07) is 7.91. The standard InChI is InChI=1S/C13H21NO2/c1-10-4-6-12(7-5-10)16-11(2)8-13(3,14)9-15/h4-7,11,15H,8-9,14H2,1-3H3. The second-order valence-corrected chi connectivity index (χ2v) is 4.76. The lowest BCUT2D eigenvalue weighted by molar-refractivity contribution is 0.133. The number of ether oxygens (including phenoxy) is 1. The smallest absolute Gasteiger partial charge is 0.119 e. The molecule has 0 spiro atoms. The number of nitrogens with two attached hydrogens (primary N) is 1. The van der Waals surface area contributed by atoms with Crippen LogP contribution in [0.2, 0.25) is 0 Å². The number of aliphatic hydroxyl groups is 1. The van der Waals surface area contributed by atoms with Crippen molar-refractivity contribution in [1.82, 2.24) is 0 Å². The number of rotatable bonds is 5. The molecule has 1 aromatic rings. The molecule has 0 saturated heterocycles. The van der Waals surface area contributed by atoms with E-state index in [4.69, 9.17) is 15.6 Å². The van der Waals surface area contributed by atoms with Gasteiger partial charge < -0.3 is 15.6 Å². The highest BCUT2D eigenvalue weighted by molar-refractivity contribution is 5.26. The highest BCUT2D eigenvalue weighted by atomic mass is 16.5. The number of aliphatic hydroxyl groups excluding tert-OH is 1. The van der Waals surface area contributed by atoms with Crippen molar-refractivity contribution in [3.05, 3.63) is 29.8 Å². The monoisotopic (exact) mass is 223 g/mol. The van der Waals surface area contributed by atoms with Gasteiger partial charge in [0.05, 0.1) is 12.7 Å². The number of hydrogen-bond donors (Lipinski definition) is 2. The van der Waals surface area contributed by atoms with Crippen molar-refractivity contribution in [3.8, 4) is 5.75 Å². The van der Waals surface area contributed by atoms with Gasteiger partial charge in [-0.05, 0) is 32.9 Å². The molecule has 3 N–H and O–H groups in total. The molecule has 1 aromatic carbocycles. The maximum atomic E-state index is 9.06. The fourth-order valence-electron chi connectivity index (χ4n) is 1.61. The van der Waals surface area contributed by atoms with E-state index in [-0.39, 0.29) is 12.7 Å². The van der Waals surface area contributed by atoms with Gasteiger partial charge in [0.2, 0.25) is 0 Å². The minimum Gasteiger partial charge on any atom is -0.491 e. The van der Waals surface area contributed by atoms with E-state index in [1.165, 1.54) is 5.56 Å². The third-order valence-electron chi connectivity index (χ3n) is 2.47. The van der Waals surface area contributed by atoms with Crippen LogP contribution in [0.5, 0.6) is 5.75 Å². The van der Waals surface area contributed by atoms with E-state index in [9.17, 15) is 0 Å². The number of benzene rings is 1. The Morgan fingerprint density at radius 2 is 1.94 bits per heavy atom. The number of hydrogen-bond acceptors (Lipinski definition) is 3. The van der Waals surface area contributed by atoms with Crippen LogP contribution < -0.4 is 10.5 Å². The molecule has 0 aromatic heterocycles. The molecule has 16 heavy (non-hydrogen) atoms. The Balaban J connectivity index is 2.51. The summed E-state index contributed by atoms with van der Waals surface area (Å²) in [5.41, 5.74) is 6.49. The predicted molar refractivity (Wildman–Crippen MR) is 65.6 cm³/mol. The van der Waals surface area contributed by atoms with Gasteiger partial charge in [-0.15, -0.1) is 0 Å². The van der Waals surface area contributed by atoms with Gasteiger partial charge in [-0.25, -0.2) is 0 Å². The second-order valence-electron chi connectivity index (χ2n) is 4.76. The van der Waals surface area contributed by atoms with Crippen LogP contribution in [0.3, 0.4) is 0 Å². The largest absolute Gasteiger partial charge is 0.491 e. The highest BCUT2D eigenvalue weighted by Crippen LogP contribution is 2.17. The molecule has 2 atom stereocenters. The maximum Gasteiger partial charge on any atom is 0.119 e. The molecule has 2 unspecified atom stereocenters. The first kappa shape index (κ1) is 13.0. The Morgan fingerprint density at radius 3 is 2.44 bits per heavy atom. The lowest BCUT2D eigenvalue weighted by atomic mass is 9.97. The van der Waals surface area contributed by atoms with E-state index in [0.717, 1.165) is 5.75 Å². The summed E-state index contributed by atoms with van der Waals surface area (Å²) in [6.45, 7) is 5.78. The number of aryl methyl sites for hydroxylation is 1. The van der Waals surface area contributed by atoms with Gasteiger partial charge >= 0.3 is 0 Å². The van der Waals surface area contributed by atoms with Gasteiger partial charge in [-0.1, -0.05) is 17.7 Å². The lowest BCUT2D eigenvalue weighted by Crippen LogP contribution is -2.43. The van der Waals surface area contributed by atoms with E-state index in [1.807, 2.05) is 45.0 Å². The van der Waals surface area contributed by atoms with E-state index in [1.54, 1.807) is 0 Å². The van der Waals surface area contributed by atoms with Crippen LogP contribution in [0.25, 0.3) is 0 Å². The average molecular weight is 223 g/mol. The van der Waals surface area contributed by atoms with E-state index >= 15 is 0 Å². The van der Waals surface area contributed by atoms with E-state index in [0.29, 0.717) is 6.42 Å². The molecule has 3 heteroatoms. The highest BCUT2D eigenvalue weighted by Gasteiger charge is 2.21. The first-order valence-corrected chi connectivity index (χ1v) is 5.56. The third-order valence-corrected chi connectivity index (χ3v) is 2.47. The Kier molecular flexibility index (Phi) is 4.33. The molecule has 0 heterocycles.